The van der Waals surface area contributed by atoms with Crippen LogP contribution in [0.15, 0.2) is 0 Å². The molecule has 0 saturated heterocycles. The van der Waals surface area contributed by atoms with Gasteiger partial charge in [0, 0.05) is 0 Å². The Morgan fingerprint density at radius 2 is 1.06 bits per heavy atom. The fourth-order valence-corrected chi connectivity index (χ4v) is 183. The molecule has 17 heteroatoms. The molecular weight excluding hydrogens is 527 g/mol. The zero-order valence-corrected chi connectivity index (χ0v) is 26.0. The lowest BCUT2D eigenvalue weighted by molar-refractivity contribution is 4.54. The predicted octanol–water partition coefficient (Wildman–Crippen LogP) is 10.1. The van der Waals surface area contributed by atoms with Crippen LogP contribution in [-0.2, 0) is 0 Å². The first-order valence-corrected chi connectivity index (χ1v) is 33.3. The molecule has 0 fully saturated rings. The van der Waals surface area contributed by atoms with Crippen molar-refractivity contribution in [2.24, 2.45) is 0 Å². The van der Waals surface area contributed by atoms with Gasteiger partial charge in [-0.25, -0.2) is 0 Å². The summed E-state index contributed by atoms with van der Waals surface area (Å²) in [5, 5.41) is 0. The summed E-state index contributed by atoms with van der Waals surface area (Å²) >= 11 is 0. The molecule has 0 N–H and O–H groups in total. The van der Waals surface area contributed by atoms with Crippen molar-refractivity contribution in [2.75, 3.05) is 0 Å². The van der Waals surface area contributed by atoms with Gasteiger partial charge in [0.05, 0.1) is 0 Å². The second-order valence-corrected chi connectivity index (χ2v) is 65.4. The molecule has 0 heterocycles. The molecule has 11 atom stereocenters. The molecule has 0 aliphatic rings. The summed E-state index contributed by atoms with van der Waals surface area (Å²) in [6.07, 6.45) is 0. The standard InChI is InChI=1S/H17P17/c1-10-15(11(2)3)17(14(8)9)16(12(4)5)13(6)7/h1-2,10H,3-9H2. The first kappa shape index (κ1) is 24.3. The van der Waals surface area contributed by atoms with E-state index in [2.05, 4.69) is 80.4 Å². The Bertz CT molecular complexity index is 180. The van der Waals surface area contributed by atoms with Gasteiger partial charge in [-0.05, 0) is 48.9 Å². The van der Waals surface area contributed by atoms with Gasteiger partial charge in [-0.2, -0.15) is 0 Å². The lowest BCUT2D eigenvalue weighted by Crippen LogP contribution is -1.52. The van der Waals surface area contributed by atoms with E-state index >= 15 is 0 Å². The minimum Gasteiger partial charge on any atom is -0.102 e. The summed E-state index contributed by atoms with van der Waals surface area (Å²) in [5.41, 5.74) is 0. The van der Waals surface area contributed by atoms with Crippen LogP contribution in [0, 0.1) is 0 Å². The van der Waals surface area contributed by atoms with Crippen LogP contribution >= 0.6 is 137 Å². The molecule has 102 valence electrons. The molecule has 0 amide bonds. The number of rotatable bonds is 7. The molecule has 17 heavy (non-hydrogen) atoms. The maximum absolute atomic E-state index is 3.93. The summed E-state index contributed by atoms with van der Waals surface area (Å²) in [6, 6.07) is 0. The van der Waals surface area contributed by atoms with E-state index in [0.29, 0.717) is 0 Å². The number of hydrogen-bond donors (Lipinski definition) is 0. The lowest BCUT2D eigenvalue weighted by atomic mass is 28.6. The Morgan fingerprint density at radius 3 is 1.24 bits per heavy atom. The van der Waals surface area contributed by atoms with E-state index in [1.54, 1.807) is 0 Å². The van der Waals surface area contributed by atoms with Gasteiger partial charge >= 0.3 is 0 Å². The molecule has 0 bridgehead atoms. The zero-order valence-electron chi connectivity index (χ0n) is 8.67. The molecule has 0 spiro atoms. The van der Waals surface area contributed by atoms with Gasteiger partial charge in [-0.1, -0.05) is 25.8 Å². The Hall–Kier alpha value is 7.31. The average Bonchev–Trinajstić information content (AvgIpc) is 2.15. The predicted molar refractivity (Wildman–Crippen MR) is 141 cm³/mol. The van der Waals surface area contributed by atoms with Crippen molar-refractivity contribution in [1.29, 1.82) is 0 Å². The number of hydrogen-bond acceptors (Lipinski definition) is 0. The second kappa shape index (κ2) is 13.5. The van der Waals surface area contributed by atoms with Crippen molar-refractivity contribution < 1.29 is 0 Å². The molecule has 0 rings (SSSR count). The smallest absolute Gasteiger partial charge is 0.00337 e. The van der Waals surface area contributed by atoms with E-state index in [1.807, 2.05) is 0 Å². The molecule has 0 aliphatic carbocycles. The van der Waals surface area contributed by atoms with Crippen molar-refractivity contribution >= 4 is 137 Å². The first-order valence-electron chi connectivity index (χ1n) is 3.70. The van der Waals surface area contributed by atoms with Crippen LogP contribution in [-0.4, -0.2) is 0 Å². The van der Waals surface area contributed by atoms with E-state index in [1.165, 1.54) is 0 Å². The fourth-order valence-electron chi connectivity index (χ4n) is 0.755. The van der Waals surface area contributed by atoms with Crippen LogP contribution in [0.3, 0.4) is 0 Å². The largest absolute Gasteiger partial charge is 0.102 e. The summed E-state index contributed by atoms with van der Waals surface area (Å²) in [6.45, 7) is 0.497. The van der Waals surface area contributed by atoms with Crippen LogP contribution in [0.1, 0.15) is 0 Å². The molecule has 0 saturated carbocycles. The highest BCUT2D eigenvalue weighted by Gasteiger charge is 2.37. The summed E-state index contributed by atoms with van der Waals surface area (Å²) in [5.74, 6) is 0. The fraction of sp³-hybridized carbons (Fsp3) is 0. The van der Waals surface area contributed by atoms with Crippen LogP contribution in [0.2, 0.25) is 0 Å². The van der Waals surface area contributed by atoms with Gasteiger partial charge in [0.1, 0.15) is 0 Å². The second-order valence-electron chi connectivity index (χ2n) is 2.42. The average molecular weight is 544 g/mol. The molecule has 0 aromatic rings. The van der Waals surface area contributed by atoms with Crippen LogP contribution in [0.5, 0.6) is 0 Å². The maximum atomic E-state index is 3.93. The normalized spacial score (nSPS) is 17.3. The highest BCUT2D eigenvalue weighted by atomic mass is 33.4. The van der Waals surface area contributed by atoms with E-state index in [4.69, 9.17) is 0 Å². The monoisotopic (exact) mass is 544 g/mol. The Balaban J connectivity index is 5.16. The third-order valence-corrected chi connectivity index (χ3v) is 102. The van der Waals surface area contributed by atoms with E-state index in [0.717, 1.165) is 7.96 Å². The van der Waals surface area contributed by atoms with Crippen molar-refractivity contribution in [2.45, 2.75) is 0 Å². The Labute approximate surface area is 136 Å². The van der Waals surface area contributed by atoms with E-state index in [-0.39, 0.29) is 48.9 Å². The maximum Gasteiger partial charge on any atom is -0.00337 e. The summed E-state index contributed by atoms with van der Waals surface area (Å²) in [7, 11) is 30.3. The molecule has 0 aromatic heterocycles. The van der Waals surface area contributed by atoms with Gasteiger partial charge in [0.25, 0.3) is 0 Å². The van der Waals surface area contributed by atoms with Gasteiger partial charge in [-0.15, -0.1) is 62.5 Å². The summed E-state index contributed by atoms with van der Waals surface area (Å²) < 4.78 is 0. The van der Waals surface area contributed by atoms with Gasteiger partial charge in [0.2, 0.25) is 0 Å². The van der Waals surface area contributed by atoms with Crippen molar-refractivity contribution in [3.63, 3.8) is 0 Å². The Kier molecular flexibility index (Phi) is 19.3. The highest BCUT2D eigenvalue weighted by molar-refractivity contribution is 9.31. The molecule has 11 unspecified atom stereocenters. The third kappa shape index (κ3) is 9.54. The highest BCUT2D eigenvalue weighted by Crippen LogP contribution is 3.25. The zero-order chi connectivity index (χ0) is 13.7. The molecule has 0 aromatic carbocycles. The van der Waals surface area contributed by atoms with Gasteiger partial charge < -0.3 is 0 Å². The minimum absolute atomic E-state index is 0.0366. The lowest BCUT2D eigenvalue weighted by Gasteiger charge is -2.41. The van der Waals surface area contributed by atoms with E-state index in [9.17, 15) is 0 Å². The van der Waals surface area contributed by atoms with Crippen molar-refractivity contribution in [3.05, 3.63) is 0 Å². The third-order valence-electron chi connectivity index (χ3n) is 1.25. The van der Waals surface area contributed by atoms with Crippen LogP contribution in [0.25, 0.3) is 0 Å². The van der Waals surface area contributed by atoms with Gasteiger partial charge in [0.15, 0.2) is 0 Å². The molecule has 0 nitrogen and oxygen atoms in total. The topological polar surface area (TPSA) is 0 Å². The quantitative estimate of drug-likeness (QED) is 0.280. The molecule has 0 aliphatic heterocycles. The van der Waals surface area contributed by atoms with Crippen LogP contribution < -0.4 is 0 Å². The first-order chi connectivity index (χ1) is 7.73. The van der Waals surface area contributed by atoms with Gasteiger partial charge in [-0.3, -0.25) is 0 Å². The minimum atomic E-state index is -0.0488. The van der Waals surface area contributed by atoms with Crippen molar-refractivity contribution in [1.82, 2.24) is 0 Å². The van der Waals surface area contributed by atoms with Crippen LogP contribution in [0.4, 0.5) is 0 Å². The Morgan fingerprint density at radius 1 is 0.706 bits per heavy atom. The summed E-state index contributed by atoms with van der Waals surface area (Å²) in [4.78, 5) is 0. The molecular formula is H17P17. The molecule has 2 radical (unpaired) electrons. The van der Waals surface area contributed by atoms with E-state index < -0.39 is 0 Å². The van der Waals surface area contributed by atoms with Crippen molar-refractivity contribution in [3.8, 4) is 0 Å². The SMILES string of the molecule is [PH]PP(P([PH])P)P(P(P)P)P(P(P)P)P(P)P.